The third-order valence-electron chi connectivity index (χ3n) is 2.65. The van der Waals surface area contributed by atoms with Gasteiger partial charge in [0.15, 0.2) is 0 Å². The van der Waals surface area contributed by atoms with Crippen LogP contribution in [0.2, 0.25) is 0 Å². The predicted octanol–water partition coefficient (Wildman–Crippen LogP) is 1.70. The van der Waals surface area contributed by atoms with Crippen LogP contribution in [0.3, 0.4) is 0 Å². The molecule has 0 heterocycles. The van der Waals surface area contributed by atoms with Gasteiger partial charge in [0.05, 0.1) is 10.7 Å². The Morgan fingerprint density at radius 1 is 1.50 bits per heavy atom. The fraction of sp³-hybridized carbons (Fsp3) is 0.417. The zero-order valence-corrected chi connectivity index (χ0v) is 12.0. The molecule has 1 aromatic carbocycles. The van der Waals surface area contributed by atoms with Crippen molar-refractivity contribution in [1.82, 2.24) is 0 Å². The number of nitrogens with one attached hydrogen (secondary N) is 1. The summed E-state index contributed by atoms with van der Waals surface area (Å²) >= 11 is 0. The van der Waals surface area contributed by atoms with Crippen LogP contribution in [-0.2, 0) is 9.84 Å². The quantitative estimate of drug-likeness (QED) is 0.631. The van der Waals surface area contributed by atoms with Gasteiger partial charge in [0.25, 0.3) is 5.69 Å². The Kier molecular flexibility index (Phi) is 5.05. The lowest BCUT2D eigenvalue weighted by molar-refractivity contribution is -0.385. The van der Waals surface area contributed by atoms with Crippen molar-refractivity contribution >= 4 is 21.2 Å². The van der Waals surface area contributed by atoms with Crippen LogP contribution in [0.25, 0.3) is 0 Å². The lowest BCUT2D eigenvalue weighted by atomic mass is 10.1. The van der Waals surface area contributed by atoms with E-state index >= 15 is 0 Å². The smallest absolute Gasteiger partial charge is 0.287 e. The summed E-state index contributed by atoms with van der Waals surface area (Å²) in [6.07, 6.45) is 1.58. The molecule has 0 fully saturated rings. The Labute approximate surface area is 117 Å². The van der Waals surface area contributed by atoms with E-state index in [0.717, 1.165) is 0 Å². The number of nitriles is 1. The number of nitrogens with zero attached hydrogens (tertiary/aromatic N) is 2. The normalized spacial score (nSPS) is 12.4. The van der Waals surface area contributed by atoms with E-state index in [1.807, 2.05) is 0 Å². The molecular formula is C12H15N3O4S. The SMILES string of the molecule is C[C@H](CCS(C)(=O)=O)Nc1ccc([N+](=O)[O-])c(C#N)c1. The maximum Gasteiger partial charge on any atom is 0.287 e. The summed E-state index contributed by atoms with van der Waals surface area (Å²) in [5.74, 6) is 0.0548. The van der Waals surface area contributed by atoms with Gasteiger partial charge in [0.1, 0.15) is 21.5 Å². The highest BCUT2D eigenvalue weighted by molar-refractivity contribution is 7.90. The number of benzene rings is 1. The average molecular weight is 297 g/mol. The molecule has 0 unspecified atom stereocenters. The van der Waals surface area contributed by atoms with Crippen LogP contribution < -0.4 is 5.32 Å². The minimum atomic E-state index is -3.02. The summed E-state index contributed by atoms with van der Waals surface area (Å²) in [7, 11) is -3.02. The third-order valence-corrected chi connectivity index (χ3v) is 3.63. The summed E-state index contributed by atoms with van der Waals surface area (Å²) in [5.41, 5.74) is 0.269. The molecule has 108 valence electrons. The first-order valence-corrected chi connectivity index (χ1v) is 7.92. The molecule has 0 saturated carbocycles. The van der Waals surface area contributed by atoms with E-state index in [2.05, 4.69) is 5.32 Å². The largest absolute Gasteiger partial charge is 0.383 e. The number of hydrogen-bond donors (Lipinski definition) is 1. The standard InChI is InChI=1S/C12H15N3O4S/c1-9(5-6-20(2,18)19)14-11-3-4-12(15(16)17)10(7-11)8-13/h3-4,7,9,14H,5-6H2,1-2H3/t9-/m1/s1. The molecule has 0 amide bonds. The van der Waals surface area contributed by atoms with Crippen molar-refractivity contribution in [2.24, 2.45) is 0 Å². The van der Waals surface area contributed by atoms with Gasteiger partial charge in [-0.25, -0.2) is 8.42 Å². The molecule has 0 aliphatic carbocycles. The van der Waals surface area contributed by atoms with Crippen LogP contribution in [0.15, 0.2) is 18.2 Å². The summed E-state index contributed by atoms with van der Waals surface area (Å²) in [4.78, 5) is 10.1. The van der Waals surface area contributed by atoms with Gasteiger partial charge in [0.2, 0.25) is 0 Å². The maximum absolute atomic E-state index is 11.1. The molecule has 1 rings (SSSR count). The third kappa shape index (κ3) is 4.85. The molecule has 0 aliphatic rings. The monoisotopic (exact) mass is 297 g/mol. The highest BCUT2D eigenvalue weighted by Gasteiger charge is 2.14. The fourth-order valence-corrected chi connectivity index (χ4v) is 2.40. The first-order chi connectivity index (χ1) is 9.23. The number of anilines is 1. The van der Waals surface area contributed by atoms with Gasteiger partial charge in [-0.1, -0.05) is 0 Å². The second-order valence-electron chi connectivity index (χ2n) is 4.56. The van der Waals surface area contributed by atoms with E-state index in [-0.39, 0.29) is 23.0 Å². The molecule has 1 atom stereocenters. The number of nitro benzene ring substituents is 1. The minimum Gasteiger partial charge on any atom is -0.383 e. The topological polar surface area (TPSA) is 113 Å². The van der Waals surface area contributed by atoms with Crippen molar-refractivity contribution in [2.75, 3.05) is 17.3 Å². The molecule has 0 saturated heterocycles. The molecule has 8 heteroatoms. The zero-order valence-electron chi connectivity index (χ0n) is 11.2. The van der Waals surface area contributed by atoms with Crippen LogP contribution in [0, 0.1) is 21.4 Å². The van der Waals surface area contributed by atoms with Crippen molar-refractivity contribution in [3.63, 3.8) is 0 Å². The van der Waals surface area contributed by atoms with Crippen LogP contribution in [-0.4, -0.2) is 31.4 Å². The second kappa shape index (κ2) is 6.34. The maximum atomic E-state index is 11.1. The lowest BCUT2D eigenvalue weighted by Gasteiger charge is -2.14. The average Bonchev–Trinajstić information content (AvgIpc) is 2.35. The number of nitro groups is 1. The molecule has 0 bridgehead atoms. The number of sulfone groups is 1. The summed E-state index contributed by atoms with van der Waals surface area (Å²) in [6, 6.07) is 5.78. The van der Waals surface area contributed by atoms with Crippen LogP contribution in [0.1, 0.15) is 18.9 Å². The van der Waals surface area contributed by atoms with Gasteiger partial charge in [-0.3, -0.25) is 10.1 Å². The van der Waals surface area contributed by atoms with Crippen molar-refractivity contribution in [1.29, 1.82) is 5.26 Å². The van der Waals surface area contributed by atoms with Crippen LogP contribution in [0.5, 0.6) is 0 Å². The summed E-state index contributed by atoms with van der Waals surface area (Å²) in [6.45, 7) is 1.80. The molecule has 0 spiro atoms. The second-order valence-corrected chi connectivity index (χ2v) is 6.82. The van der Waals surface area contributed by atoms with Crippen LogP contribution in [0.4, 0.5) is 11.4 Å². The highest BCUT2D eigenvalue weighted by Crippen LogP contribution is 2.22. The van der Waals surface area contributed by atoms with E-state index in [1.54, 1.807) is 13.0 Å². The molecule has 1 N–H and O–H groups in total. The van der Waals surface area contributed by atoms with E-state index in [0.29, 0.717) is 12.1 Å². The Hall–Kier alpha value is -2.14. The highest BCUT2D eigenvalue weighted by atomic mass is 32.2. The van der Waals surface area contributed by atoms with Gasteiger partial charge in [-0.15, -0.1) is 0 Å². The van der Waals surface area contributed by atoms with E-state index in [1.165, 1.54) is 24.5 Å². The molecule has 0 aliphatic heterocycles. The van der Waals surface area contributed by atoms with Gasteiger partial charge in [-0.2, -0.15) is 5.26 Å². The molecular weight excluding hydrogens is 282 g/mol. The molecule has 20 heavy (non-hydrogen) atoms. The van der Waals surface area contributed by atoms with Crippen molar-refractivity contribution in [3.05, 3.63) is 33.9 Å². The first-order valence-electron chi connectivity index (χ1n) is 5.85. The number of rotatable bonds is 6. The molecule has 7 nitrogen and oxygen atoms in total. The van der Waals surface area contributed by atoms with E-state index < -0.39 is 14.8 Å². The van der Waals surface area contributed by atoms with Gasteiger partial charge >= 0.3 is 0 Å². The first kappa shape index (κ1) is 15.9. The number of hydrogen-bond acceptors (Lipinski definition) is 6. The Bertz CT molecular complexity index is 649. The Morgan fingerprint density at radius 3 is 2.65 bits per heavy atom. The van der Waals surface area contributed by atoms with E-state index in [4.69, 9.17) is 5.26 Å². The minimum absolute atomic E-state index is 0.0321. The summed E-state index contributed by atoms with van der Waals surface area (Å²) < 4.78 is 22.1. The Morgan fingerprint density at radius 2 is 2.15 bits per heavy atom. The van der Waals surface area contributed by atoms with Crippen molar-refractivity contribution < 1.29 is 13.3 Å². The van der Waals surface area contributed by atoms with Gasteiger partial charge in [0, 0.05) is 24.1 Å². The Balaban J connectivity index is 2.79. The zero-order chi connectivity index (χ0) is 15.3. The molecule has 1 aromatic rings. The summed E-state index contributed by atoms with van der Waals surface area (Å²) in [5, 5.41) is 22.6. The van der Waals surface area contributed by atoms with E-state index in [9.17, 15) is 18.5 Å². The van der Waals surface area contributed by atoms with Crippen LogP contribution >= 0.6 is 0 Å². The fourth-order valence-electron chi connectivity index (χ4n) is 1.62. The lowest BCUT2D eigenvalue weighted by Crippen LogP contribution is -2.19. The predicted molar refractivity (Wildman–Crippen MR) is 75.2 cm³/mol. The molecule has 0 radical (unpaired) electrons. The van der Waals surface area contributed by atoms with Gasteiger partial charge in [-0.05, 0) is 25.5 Å². The van der Waals surface area contributed by atoms with Crippen molar-refractivity contribution in [2.45, 2.75) is 19.4 Å². The molecule has 0 aromatic heterocycles. The van der Waals surface area contributed by atoms with Crippen molar-refractivity contribution in [3.8, 4) is 6.07 Å². The van der Waals surface area contributed by atoms with Gasteiger partial charge < -0.3 is 5.32 Å².